The Hall–Kier alpha value is -2.22. The van der Waals surface area contributed by atoms with Crippen molar-refractivity contribution in [2.24, 2.45) is 0 Å². The molecule has 0 aliphatic heterocycles. The van der Waals surface area contributed by atoms with Crippen molar-refractivity contribution >= 4 is 38.8 Å². The van der Waals surface area contributed by atoms with Crippen LogP contribution in [0.4, 0.5) is 5.69 Å². The monoisotopic (exact) mass is 349 g/mol. The highest BCUT2D eigenvalue weighted by Crippen LogP contribution is 2.28. The van der Waals surface area contributed by atoms with Gasteiger partial charge in [0.25, 0.3) is 5.69 Å². The Kier molecular flexibility index (Phi) is 4.16. The Morgan fingerprint density at radius 1 is 1.35 bits per heavy atom. The standard InChI is InChI=1S/C15H12ClN3O3S/c16-10-6-5-9(7-12(10)19(21)22)13(20)8-18-11-3-1-2-4-14(11)23-15(18)17/h1-7,13,17,20H,8H2. The van der Waals surface area contributed by atoms with E-state index in [1.54, 1.807) is 10.6 Å². The number of nitro benzene ring substituents is 1. The summed E-state index contributed by atoms with van der Waals surface area (Å²) in [5.74, 6) is 0. The molecule has 3 aromatic rings. The lowest BCUT2D eigenvalue weighted by Crippen LogP contribution is -2.18. The molecule has 118 valence electrons. The Balaban J connectivity index is 1.96. The fourth-order valence-electron chi connectivity index (χ4n) is 2.37. The van der Waals surface area contributed by atoms with Gasteiger partial charge in [0.2, 0.25) is 0 Å². The van der Waals surface area contributed by atoms with Crippen LogP contribution in [-0.4, -0.2) is 14.6 Å². The predicted octanol–water partition coefficient (Wildman–Crippen LogP) is 3.48. The summed E-state index contributed by atoms with van der Waals surface area (Å²) in [5, 5.41) is 29.4. The number of fused-ring (bicyclic) bond motifs is 1. The first-order valence-electron chi connectivity index (χ1n) is 6.72. The number of hydrogen-bond acceptors (Lipinski definition) is 5. The maximum atomic E-state index is 10.9. The first-order valence-corrected chi connectivity index (χ1v) is 7.91. The minimum Gasteiger partial charge on any atom is -0.387 e. The number of rotatable bonds is 4. The smallest absolute Gasteiger partial charge is 0.288 e. The van der Waals surface area contributed by atoms with Gasteiger partial charge in [-0.1, -0.05) is 41.1 Å². The second-order valence-electron chi connectivity index (χ2n) is 4.97. The van der Waals surface area contributed by atoms with Crippen LogP contribution in [0.1, 0.15) is 11.7 Å². The summed E-state index contributed by atoms with van der Waals surface area (Å²) in [6.45, 7) is 0.141. The van der Waals surface area contributed by atoms with Gasteiger partial charge in [-0.3, -0.25) is 15.5 Å². The number of benzene rings is 2. The van der Waals surface area contributed by atoms with E-state index >= 15 is 0 Å². The highest BCUT2D eigenvalue weighted by atomic mass is 35.5. The van der Waals surface area contributed by atoms with E-state index in [1.165, 1.54) is 23.5 Å². The summed E-state index contributed by atoms with van der Waals surface area (Å²) in [6.07, 6.45) is -0.974. The number of aliphatic hydroxyl groups excluding tert-OH is 1. The van der Waals surface area contributed by atoms with Crippen LogP contribution in [-0.2, 0) is 6.54 Å². The number of thiazole rings is 1. The van der Waals surface area contributed by atoms with Gasteiger partial charge in [-0.25, -0.2) is 0 Å². The zero-order valence-corrected chi connectivity index (χ0v) is 13.3. The summed E-state index contributed by atoms with van der Waals surface area (Å²) < 4.78 is 2.64. The van der Waals surface area contributed by atoms with Crippen LogP contribution in [0.3, 0.4) is 0 Å². The largest absolute Gasteiger partial charge is 0.387 e. The SMILES string of the molecule is N=c1sc2ccccc2n1CC(O)c1ccc(Cl)c([N+](=O)[O-])c1. The molecular weight excluding hydrogens is 338 g/mol. The molecule has 0 spiro atoms. The van der Waals surface area contributed by atoms with Crippen LogP contribution in [0.2, 0.25) is 5.02 Å². The molecule has 2 N–H and O–H groups in total. The summed E-state index contributed by atoms with van der Waals surface area (Å²) in [7, 11) is 0. The van der Waals surface area contributed by atoms with Gasteiger partial charge in [-0.2, -0.15) is 0 Å². The number of aliphatic hydroxyl groups is 1. The molecule has 0 saturated carbocycles. The van der Waals surface area contributed by atoms with Gasteiger partial charge < -0.3 is 9.67 Å². The number of nitro groups is 1. The normalized spacial score (nSPS) is 12.4. The van der Waals surface area contributed by atoms with Crippen LogP contribution < -0.4 is 4.80 Å². The molecule has 1 heterocycles. The van der Waals surface area contributed by atoms with E-state index in [2.05, 4.69) is 0 Å². The van der Waals surface area contributed by atoms with Gasteiger partial charge in [-0.15, -0.1) is 0 Å². The fourth-order valence-corrected chi connectivity index (χ4v) is 3.48. The first kappa shape index (κ1) is 15.7. The number of halogens is 1. The molecule has 2 aromatic carbocycles. The number of para-hydroxylation sites is 1. The highest BCUT2D eigenvalue weighted by molar-refractivity contribution is 7.16. The first-order chi connectivity index (χ1) is 11.0. The second-order valence-corrected chi connectivity index (χ2v) is 6.41. The molecule has 8 heteroatoms. The van der Waals surface area contributed by atoms with Gasteiger partial charge in [0.1, 0.15) is 5.02 Å². The summed E-state index contributed by atoms with van der Waals surface area (Å²) >= 11 is 7.10. The predicted molar refractivity (Wildman–Crippen MR) is 88.7 cm³/mol. The molecule has 0 saturated heterocycles. The summed E-state index contributed by atoms with van der Waals surface area (Å²) in [5.41, 5.74) is 1.00. The van der Waals surface area contributed by atoms with Crippen LogP contribution in [0.15, 0.2) is 42.5 Å². The maximum Gasteiger partial charge on any atom is 0.288 e. The molecule has 0 aliphatic carbocycles. The highest BCUT2D eigenvalue weighted by Gasteiger charge is 2.18. The van der Waals surface area contributed by atoms with E-state index in [1.807, 2.05) is 24.3 Å². The molecule has 1 aromatic heterocycles. The molecule has 23 heavy (non-hydrogen) atoms. The van der Waals surface area contributed by atoms with Gasteiger partial charge in [0, 0.05) is 6.07 Å². The Morgan fingerprint density at radius 2 is 2.09 bits per heavy atom. The second kappa shape index (κ2) is 6.11. The van der Waals surface area contributed by atoms with Crippen LogP contribution in [0.5, 0.6) is 0 Å². The van der Waals surface area contributed by atoms with Crippen molar-refractivity contribution in [3.8, 4) is 0 Å². The van der Waals surface area contributed by atoms with Crippen LogP contribution in [0, 0.1) is 15.5 Å². The lowest BCUT2D eigenvalue weighted by molar-refractivity contribution is -0.384. The summed E-state index contributed by atoms with van der Waals surface area (Å²) in [4.78, 5) is 10.7. The number of aromatic nitrogens is 1. The number of nitrogens with zero attached hydrogens (tertiary/aromatic N) is 2. The fraction of sp³-hybridized carbons (Fsp3) is 0.133. The van der Waals surface area contributed by atoms with Crippen LogP contribution >= 0.6 is 22.9 Å². The average Bonchev–Trinajstić information content (AvgIpc) is 2.83. The summed E-state index contributed by atoms with van der Waals surface area (Å²) in [6, 6.07) is 11.8. The zero-order valence-electron chi connectivity index (χ0n) is 11.8. The van der Waals surface area contributed by atoms with E-state index in [0.717, 1.165) is 10.2 Å². The van der Waals surface area contributed by atoms with Gasteiger partial charge in [0.05, 0.1) is 27.8 Å². The molecule has 1 unspecified atom stereocenters. The van der Waals surface area contributed by atoms with E-state index in [9.17, 15) is 15.2 Å². The topological polar surface area (TPSA) is 92.2 Å². The molecule has 0 aliphatic rings. The molecule has 1 atom stereocenters. The minimum atomic E-state index is -0.974. The van der Waals surface area contributed by atoms with Crippen molar-refractivity contribution in [2.45, 2.75) is 12.6 Å². The van der Waals surface area contributed by atoms with Crippen molar-refractivity contribution in [2.75, 3.05) is 0 Å². The lowest BCUT2D eigenvalue weighted by Gasteiger charge is -2.13. The van der Waals surface area contributed by atoms with Crippen molar-refractivity contribution in [3.05, 3.63) is 68.0 Å². The number of hydrogen-bond donors (Lipinski definition) is 2. The lowest BCUT2D eigenvalue weighted by atomic mass is 10.1. The van der Waals surface area contributed by atoms with Gasteiger partial charge in [-0.05, 0) is 23.8 Å². The molecule has 0 radical (unpaired) electrons. The Labute approximate surface area is 139 Å². The van der Waals surface area contributed by atoms with Gasteiger partial charge in [0.15, 0.2) is 4.80 Å². The molecule has 0 bridgehead atoms. The Bertz CT molecular complexity index is 951. The third kappa shape index (κ3) is 2.98. The Morgan fingerprint density at radius 3 is 2.83 bits per heavy atom. The van der Waals surface area contributed by atoms with E-state index < -0.39 is 11.0 Å². The average molecular weight is 350 g/mol. The van der Waals surface area contributed by atoms with Crippen LogP contribution in [0.25, 0.3) is 10.2 Å². The minimum absolute atomic E-state index is 0.0285. The van der Waals surface area contributed by atoms with Gasteiger partial charge >= 0.3 is 0 Å². The quantitative estimate of drug-likeness (QED) is 0.558. The molecular formula is C15H12ClN3O3S. The maximum absolute atomic E-state index is 10.9. The molecule has 3 rings (SSSR count). The third-order valence-electron chi connectivity index (χ3n) is 3.52. The third-order valence-corrected chi connectivity index (χ3v) is 4.81. The zero-order chi connectivity index (χ0) is 16.6. The van der Waals surface area contributed by atoms with E-state index in [0.29, 0.717) is 10.4 Å². The molecule has 6 nitrogen and oxygen atoms in total. The van der Waals surface area contributed by atoms with Crippen molar-refractivity contribution in [1.29, 1.82) is 5.41 Å². The van der Waals surface area contributed by atoms with E-state index in [-0.39, 0.29) is 17.3 Å². The molecule has 0 fully saturated rings. The van der Waals surface area contributed by atoms with E-state index in [4.69, 9.17) is 17.0 Å². The number of nitrogens with one attached hydrogen (secondary N) is 1. The van der Waals surface area contributed by atoms with Crippen molar-refractivity contribution in [1.82, 2.24) is 4.57 Å². The molecule has 0 amide bonds. The van der Waals surface area contributed by atoms with Crippen molar-refractivity contribution < 1.29 is 10.0 Å². The van der Waals surface area contributed by atoms with Crippen molar-refractivity contribution in [3.63, 3.8) is 0 Å².